The van der Waals surface area contributed by atoms with Gasteiger partial charge in [0.05, 0.1) is 13.7 Å². The van der Waals surface area contributed by atoms with Gasteiger partial charge in [0.2, 0.25) is 11.8 Å². The zero-order valence-electron chi connectivity index (χ0n) is 16.5. The van der Waals surface area contributed by atoms with Gasteiger partial charge < -0.3 is 20.1 Å². The highest BCUT2D eigenvalue weighted by Crippen LogP contribution is 2.20. The number of nitrogens with zero attached hydrogens (tertiary/aromatic N) is 1. The molecule has 0 aliphatic carbocycles. The van der Waals surface area contributed by atoms with E-state index in [-0.39, 0.29) is 24.3 Å². The fourth-order valence-electron chi connectivity index (χ4n) is 3.26. The molecule has 0 atom stereocenters. The summed E-state index contributed by atoms with van der Waals surface area (Å²) in [6.45, 7) is 1.65. The fraction of sp³-hybridized carbons (Fsp3) is 0.364. The number of likely N-dealkylation sites (tertiary alicyclic amines) is 1. The third kappa shape index (κ3) is 5.92. The number of piperidine rings is 1. The van der Waals surface area contributed by atoms with E-state index in [0.29, 0.717) is 32.5 Å². The van der Waals surface area contributed by atoms with E-state index in [1.165, 1.54) is 11.3 Å². The molecule has 2 N–H and O–H groups in total. The van der Waals surface area contributed by atoms with E-state index in [4.69, 9.17) is 9.84 Å². The number of rotatable bonds is 7. The van der Waals surface area contributed by atoms with Crippen molar-refractivity contribution in [3.63, 3.8) is 0 Å². The van der Waals surface area contributed by atoms with Gasteiger partial charge in [0, 0.05) is 36.5 Å². The minimum absolute atomic E-state index is 0.00628. The standard InChI is InChI=1S/C22H26N2O4S/c1-28-19-4-2-16(3-5-19)13-23-22(27)18-8-10-24(11-9-18)21(26)7-6-20-12-17(14-25)15-29-20/h2-7,12,15,18,25H,8-11,13-14H2,1H3,(H,23,27)/b7-6+. The lowest BCUT2D eigenvalue weighted by molar-refractivity contribution is -0.132. The van der Waals surface area contributed by atoms with E-state index in [2.05, 4.69) is 5.32 Å². The lowest BCUT2D eigenvalue weighted by Crippen LogP contribution is -2.42. The number of nitrogens with one attached hydrogen (secondary N) is 1. The summed E-state index contributed by atoms with van der Waals surface area (Å²) in [7, 11) is 1.62. The van der Waals surface area contributed by atoms with Crippen LogP contribution in [0.15, 0.2) is 41.8 Å². The summed E-state index contributed by atoms with van der Waals surface area (Å²) in [5.74, 6) is 0.726. The van der Waals surface area contributed by atoms with Gasteiger partial charge >= 0.3 is 0 Å². The van der Waals surface area contributed by atoms with Gasteiger partial charge in [-0.3, -0.25) is 9.59 Å². The van der Waals surface area contributed by atoms with Crippen molar-refractivity contribution < 1.29 is 19.4 Å². The number of aliphatic hydroxyl groups excluding tert-OH is 1. The number of hydrogen-bond donors (Lipinski definition) is 2. The monoisotopic (exact) mass is 414 g/mol. The predicted octanol–water partition coefficient (Wildman–Crippen LogP) is 2.82. The van der Waals surface area contributed by atoms with Gasteiger partial charge in [-0.05, 0) is 53.6 Å². The highest BCUT2D eigenvalue weighted by atomic mass is 32.1. The molecule has 1 aromatic heterocycles. The van der Waals surface area contributed by atoms with E-state index < -0.39 is 0 Å². The van der Waals surface area contributed by atoms with Gasteiger partial charge in [0.15, 0.2) is 0 Å². The first kappa shape index (κ1) is 21.1. The Kier molecular flexibility index (Phi) is 7.43. The van der Waals surface area contributed by atoms with Gasteiger partial charge in [0.1, 0.15) is 5.75 Å². The first-order chi connectivity index (χ1) is 14.1. The minimum Gasteiger partial charge on any atom is -0.497 e. The highest BCUT2D eigenvalue weighted by Gasteiger charge is 2.26. The number of aliphatic hydroxyl groups is 1. The van der Waals surface area contributed by atoms with Crippen molar-refractivity contribution in [1.29, 1.82) is 0 Å². The second kappa shape index (κ2) is 10.2. The van der Waals surface area contributed by atoms with Gasteiger partial charge in [-0.1, -0.05) is 12.1 Å². The summed E-state index contributed by atoms with van der Waals surface area (Å²) in [4.78, 5) is 27.5. The zero-order valence-corrected chi connectivity index (χ0v) is 17.3. The lowest BCUT2D eigenvalue weighted by Gasteiger charge is -2.30. The molecule has 1 aromatic carbocycles. The van der Waals surface area contributed by atoms with Crippen molar-refractivity contribution in [2.45, 2.75) is 26.0 Å². The molecule has 0 bridgehead atoms. The first-order valence-corrected chi connectivity index (χ1v) is 10.5. The van der Waals surface area contributed by atoms with E-state index in [1.54, 1.807) is 24.2 Å². The molecule has 1 saturated heterocycles. The third-order valence-corrected chi connectivity index (χ3v) is 6.00. The molecule has 0 saturated carbocycles. The Bertz CT molecular complexity index is 852. The predicted molar refractivity (Wildman–Crippen MR) is 113 cm³/mol. The molecule has 0 radical (unpaired) electrons. The van der Waals surface area contributed by atoms with Crippen molar-refractivity contribution >= 4 is 29.2 Å². The molecule has 2 aromatic rings. The molecule has 2 amide bonds. The summed E-state index contributed by atoms with van der Waals surface area (Å²) in [6, 6.07) is 9.49. The average Bonchev–Trinajstić information content (AvgIpc) is 3.24. The molecule has 2 heterocycles. The molecule has 3 rings (SSSR count). The van der Waals surface area contributed by atoms with Crippen LogP contribution in [-0.4, -0.2) is 42.0 Å². The number of amides is 2. The van der Waals surface area contributed by atoms with Crippen LogP contribution in [-0.2, 0) is 22.7 Å². The van der Waals surface area contributed by atoms with Crippen LogP contribution in [0.3, 0.4) is 0 Å². The van der Waals surface area contributed by atoms with Crippen LogP contribution < -0.4 is 10.1 Å². The van der Waals surface area contributed by atoms with Crippen LogP contribution in [0.4, 0.5) is 0 Å². The second-order valence-electron chi connectivity index (χ2n) is 7.01. The van der Waals surface area contributed by atoms with E-state index >= 15 is 0 Å². The average molecular weight is 415 g/mol. The number of hydrogen-bond acceptors (Lipinski definition) is 5. The van der Waals surface area contributed by atoms with Crippen LogP contribution in [0.25, 0.3) is 6.08 Å². The number of ether oxygens (including phenoxy) is 1. The third-order valence-electron chi connectivity index (χ3n) is 5.05. The molecular weight excluding hydrogens is 388 g/mol. The Morgan fingerprint density at radius 3 is 2.59 bits per heavy atom. The number of thiophene rings is 1. The molecule has 0 spiro atoms. The molecule has 1 aliphatic heterocycles. The molecular formula is C22H26N2O4S. The van der Waals surface area contributed by atoms with Crippen LogP contribution in [0.5, 0.6) is 5.75 Å². The topological polar surface area (TPSA) is 78.9 Å². The Hall–Kier alpha value is -2.64. The first-order valence-electron chi connectivity index (χ1n) is 9.65. The summed E-state index contributed by atoms with van der Waals surface area (Å²) in [6.07, 6.45) is 4.68. The van der Waals surface area contributed by atoms with Crippen LogP contribution >= 0.6 is 11.3 Å². The normalized spacial score (nSPS) is 14.9. The summed E-state index contributed by atoms with van der Waals surface area (Å²) in [5, 5.41) is 14.0. The van der Waals surface area contributed by atoms with Gasteiger partial charge in [-0.25, -0.2) is 0 Å². The fourth-order valence-corrected chi connectivity index (χ4v) is 4.06. The SMILES string of the molecule is COc1ccc(CNC(=O)C2CCN(C(=O)/C=C/c3cc(CO)cs3)CC2)cc1. The highest BCUT2D eigenvalue weighted by molar-refractivity contribution is 7.11. The second-order valence-corrected chi connectivity index (χ2v) is 7.96. The van der Waals surface area contributed by atoms with E-state index in [0.717, 1.165) is 21.8 Å². The Morgan fingerprint density at radius 1 is 1.24 bits per heavy atom. The molecule has 29 heavy (non-hydrogen) atoms. The number of benzene rings is 1. The Labute approximate surface area is 174 Å². The molecule has 1 fully saturated rings. The summed E-state index contributed by atoms with van der Waals surface area (Å²) < 4.78 is 5.13. The maximum Gasteiger partial charge on any atom is 0.246 e. The number of carbonyl (C=O) groups excluding carboxylic acids is 2. The lowest BCUT2D eigenvalue weighted by atomic mass is 9.95. The van der Waals surface area contributed by atoms with Crippen molar-refractivity contribution in [3.05, 3.63) is 57.8 Å². The van der Waals surface area contributed by atoms with Crippen molar-refractivity contribution in [2.75, 3.05) is 20.2 Å². The quantitative estimate of drug-likeness (QED) is 0.683. The number of methoxy groups -OCH3 is 1. The van der Waals surface area contributed by atoms with Crippen molar-refractivity contribution in [1.82, 2.24) is 10.2 Å². The van der Waals surface area contributed by atoms with Crippen LogP contribution in [0.1, 0.15) is 28.8 Å². The maximum absolute atomic E-state index is 12.4. The van der Waals surface area contributed by atoms with Gasteiger partial charge in [-0.15, -0.1) is 11.3 Å². The minimum atomic E-state index is -0.0642. The zero-order chi connectivity index (χ0) is 20.6. The van der Waals surface area contributed by atoms with Gasteiger partial charge in [0.25, 0.3) is 0 Å². The van der Waals surface area contributed by atoms with Crippen molar-refractivity contribution in [3.8, 4) is 5.75 Å². The van der Waals surface area contributed by atoms with E-state index in [1.807, 2.05) is 35.7 Å². The molecule has 0 unspecified atom stereocenters. The molecule has 1 aliphatic rings. The largest absolute Gasteiger partial charge is 0.497 e. The Balaban J connectivity index is 1.42. The number of carbonyl (C=O) groups is 2. The molecule has 7 heteroatoms. The van der Waals surface area contributed by atoms with Crippen LogP contribution in [0, 0.1) is 5.92 Å². The Morgan fingerprint density at radius 2 is 1.97 bits per heavy atom. The van der Waals surface area contributed by atoms with E-state index in [9.17, 15) is 9.59 Å². The van der Waals surface area contributed by atoms with Crippen LogP contribution in [0.2, 0.25) is 0 Å². The van der Waals surface area contributed by atoms with Gasteiger partial charge in [-0.2, -0.15) is 0 Å². The summed E-state index contributed by atoms with van der Waals surface area (Å²) in [5.41, 5.74) is 1.87. The molecule has 6 nitrogen and oxygen atoms in total. The maximum atomic E-state index is 12.4. The molecule has 154 valence electrons. The smallest absolute Gasteiger partial charge is 0.246 e. The summed E-state index contributed by atoms with van der Waals surface area (Å²) >= 11 is 1.50. The van der Waals surface area contributed by atoms with Crippen molar-refractivity contribution in [2.24, 2.45) is 5.92 Å².